The fraction of sp³-hybridized carbons (Fsp3) is 0.136. The number of para-hydroxylation sites is 2. The Morgan fingerprint density at radius 1 is 0.923 bits per heavy atom. The molecule has 0 atom stereocenters. The molecular formula is C22H19FN2O. The van der Waals surface area contributed by atoms with Crippen molar-refractivity contribution in [3.05, 3.63) is 84.2 Å². The Balaban J connectivity index is 1.65. The Bertz CT molecular complexity index is 1040. The number of hydrogen-bond acceptors (Lipinski definition) is 2. The van der Waals surface area contributed by atoms with E-state index in [1.165, 1.54) is 11.6 Å². The lowest BCUT2D eigenvalue weighted by molar-refractivity contribution is 0.300. The molecule has 0 unspecified atom stereocenters. The van der Waals surface area contributed by atoms with E-state index in [-0.39, 0.29) is 5.82 Å². The second-order valence-corrected chi connectivity index (χ2v) is 6.22. The molecule has 0 saturated heterocycles. The van der Waals surface area contributed by atoms with Crippen LogP contribution in [0.4, 0.5) is 4.39 Å². The topological polar surface area (TPSA) is 27.1 Å². The Morgan fingerprint density at radius 3 is 2.46 bits per heavy atom. The van der Waals surface area contributed by atoms with Gasteiger partial charge in [0.15, 0.2) is 0 Å². The summed E-state index contributed by atoms with van der Waals surface area (Å²) in [4.78, 5) is 4.65. The van der Waals surface area contributed by atoms with Crippen LogP contribution in [0.1, 0.15) is 5.56 Å². The van der Waals surface area contributed by atoms with Crippen LogP contribution in [-0.2, 0) is 6.54 Å². The number of benzene rings is 3. The monoisotopic (exact) mass is 346 g/mol. The molecule has 4 rings (SSSR count). The van der Waals surface area contributed by atoms with Crippen LogP contribution in [0.3, 0.4) is 0 Å². The number of fused-ring (bicyclic) bond motifs is 1. The molecular weight excluding hydrogens is 327 g/mol. The zero-order chi connectivity index (χ0) is 17.9. The predicted octanol–water partition coefficient (Wildman–Crippen LogP) is 5.23. The van der Waals surface area contributed by atoms with E-state index in [2.05, 4.69) is 4.98 Å². The van der Waals surface area contributed by atoms with Gasteiger partial charge in [-0.25, -0.2) is 9.37 Å². The normalized spacial score (nSPS) is 11.0. The first-order valence-corrected chi connectivity index (χ1v) is 8.62. The second kappa shape index (κ2) is 7.00. The van der Waals surface area contributed by atoms with Gasteiger partial charge in [-0.2, -0.15) is 0 Å². The molecule has 0 aliphatic carbocycles. The molecule has 0 bridgehead atoms. The predicted molar refractivity (Wildman–Crippen MR) is 102 cm³/mol. The van der Waals surface area contributed by atoms with Crippen molar-refractivity contribution in [2.45, 2.75) is 13.5 Å². The number of aryl methyl sites for hydroxylation is 1. The van der Waals surface area contributed by atoms with Gasteiger partial charge in [0, 0.05) is 0 Å². The van der Waals surface area contributed by atoms with Gasteiger partial charge < -0.3 is 9.30 Å². The second-order valence-electron chi connectivity index (χ2n) is 6.22. The van der Waals surface area contributed by atoms with Crippen LogP contribution in [-0.4, -0.2) is 16.2 Å². The lowest BCUT2D eigenvalue weighted by Crippen LogP contribution is -2.10. The molecule has 0 fully saturated rings. The van der Waals surface area contributed by atoms with Gasteiger partial charge in [0.2, 0.25) is 0 Å². The summed E-state index contributed by atoms with van der Waals surface area (Å²) in [5, 5.41) is 0. The van der Waals surface area contributed by atoms with Gasteiger partial charge >= 0.3 is 0 Å². The van der Waals surface area contributed by atoms with E-state index < -0.39 is 0 Å². The average molecular weight is 346 g/mol. The smallest absolute Gasteiger partial charge is 0.144 e. The van der Waals surface area contributed by atoms with Gasteiger partial charge in [-0.15, -0.1) is 0 Å². The molecule has 0 amide bonds. The van der Waals surface area contributed by atoms with Crippen molar-refractivity contribution in [3.8, 4) is 17.1 Å². The van der Waals surface area contributed by atoms with Crippen molar-refractivity contribution in [1.29, 1.82) is 0 Å². The highest BCUT2D eigenvalue weighted by Gasteiger charge is 2.15. The minimum absolute atomic E-state index is 0.275. The molecule has 3 aromatic carbocycles. The number of halogens is 1. The van der Waals surface area contributed by atoms with E-state index in [0.29, 0.717) is 24.5 Å². The third-order valence-electron chi connectivity index (χ3n) is 4.37. The Morgan fingerprint density at radius 2 is 1.65 bits per heavy atom. The first-order valence-electron chi connectivity index (χ1n) is 8.62. The van der Waals surface area contributed by atoms with E-state index in [1.54, 1.807) is 12.1 Å². The van der Waals surface area contributed by atoms with E-state index >= 15 is 0 Å². The van der Waals surface area contributed by atoms with Crippen molar-refractivity contribution in [1.82, 2.24) is 9.55 Å². The molecule has 0 aliphatic rings. The van der Waals surface area contributed by atoms with Crippen molar-refractivity contribution in [3.63, 3.8) is 0 Å². The molecule has 130 valence electrons. The highest BCUT2D eigenvalue weighted by molar-refractivity contribution is 5.80. The molecule has 26 heavy (non-hydrogen) atoms. The first kappa shape index (κ1) is 16.3. The molecule has 0 radical (unpaired) electrons. The summed E-state index contributed by atoms with van der Waals surface area (Å²) in [5.41, 5.74) is 3.51. The van der Waals surface area contributed by atoms with Gasteiger partial charge in [0.25, 0.3) is 0 Å². The quantitative estimate of drug-likeness (QED) is 0.495. The molecule has 0 spiro atoms. The maximum atomic E-state index is 14.3. The summed E-state index contributed by atoms with van der Waals surface area (Å²) in [5.74, 6) is 1.17. The summed E-state index contributed by atoms with van der Waals surface area (Å²) in [7, 11) is 0. The minimum atomic E-state index is -0.275. The van der Waals surface area contributed by atoms with Crippen LogP contribution in [0.25, 0.3) is 22.4 Å². The van der Waals surface area contributed by atoms with E-state index in [1.807, 2.05) is 66.1 Å². The van der Waals surface area contributed by atoms with Gasteiger partial charge in [0.05, 0.1) is 23.1 Å². The van der Waals surface area contributed by atoms with Crippen molar-refractivity contribution in [2.24, 2.45) is 0 Å². The lowest BCUT2D eigenvalue weighted by Gasteiger charge is -2.11. The third kappa shape index (κ3) is 3.18. The highest BCUT2D eigenvalue weighted by Crippen LogP contribution is 2.26. The number of aromatic nitrogens is 2. The SMILES string of the molecule is Cc1ccc(OCCn2c(-c3ccccc3F)nc3ccccc32)cc1. The zero-order valence-corrected chi connectivity index (χ0v) is 14.5. The van der Waals surface area contributed by atoms with Crippen molar-refractivity contribution in [2.75, 3.05) is 6.61 Å². The van der Waals surface area contributed by atoms with Gasteiger partial charge in [-0.05, 0) is 43.3 Å². The maximum absolute atomic E-state index is 14.3. The number of imidazole rings is 1. The Hall–Kier alpha value is -3.14. The van der Waals surface area contributed by atoms with E-state index in [0.717, 1.165) is 16.8 Å². The fourth-order valence-electron chi connectivity index (χ4n) is 3.04. The number of hydrogen-bond donors (Lipinski definition) is 0. The highest BCUT2D eigenvalue weighted by atomic mass is 19.1. The molecule has 4 aromatic rings. The molecule has 0 N–H and O–H groups in total. The molecule has 3 nitrogen and oxygen atoms in total. The van der Waals surface area contributed by atoms with Crippen LogP contribution < -0.4 is 4.74 Å². The average Bonchev–Trinajstić information content (AvgIpc) is 3.02. The molecule has 1 heterocycles. The lowest BCUT2D eigenvalue weighted by atomic mass is 10.2. The Labute approximate surface area is 151 Å². The number of rotatable bonds is 5. The summed E-state index contributed by atoms with van der Waals surface area (Å²) in [6.45, 7) is 3.10. The summed E-state index contributed by atoms with van der Waals surface area (Å²) < 4.78 is 22.2. The van der Waals surface area contributed by atoms with Crippen LogP contribution in [0, 0.1) is 12.7 Å². The maximum Gasteiger partial charge on any atom is 0.144 e. The summed E-state index contributed by atoms with van der Waals surface area (Å²) in [6, 6.07) is 22.5. The van der Waals surface area contributed by atoms with Crippen LogP contribution in [0.2, 0.25) is 0 Å². The minimum Gasteiger partial charge on any atom is -0.492 e. The van der Waals surface area contributed by atoms with Gasteiger partial charge in [-0.1, -0.05) is 42.0 Å². The summed E-state index contributed by atoms with van der Waals surface area (Å²) >= 11 is 0. The molecule has 4 heteroatoms. The molecule has 0 aliphatic heterocycles. The fourth-order valence-corrected chi connectivity index (χ4v) is 3.04. The zero-order valence-electron chi connectivity index (χ0n) is 14.5. The number of ether oxygens (including phenoxy) is 1. The van der Waals surface area contributed by atoms with Crippen LogP contribution in [0.5, 0.6) is 5.75 Å². The third-order valence-corrected chi connectivity index (χ3v) is 4.37. The molecule has 1 aromatic heterocycles. The summed E-state index contributed by atoms with van der Waals surface area (Å²) in [6.07, 6.45) is 0. The van der Waals surface area contributed by atoms with Gasteiger partial charge in [0.1, 0.15) is 24.0 Å². The van der Waals surface area contributed by atoms with E-state index in [9.17, 15) is 4.39 Å². The van der Waals surface area contributed by atoms with Crippen LogP contribution in [0.15, 0.2) is 72.8 Å². The van der Waals surface area contributed by atoms with Gasteiger partial charge in [-0.3, -0.25) is 0 Å². The largest absolute Gasteiger partial charge is 0.492 e. The molecule has 0 saturated carbocycles. The van der Waals surface area contributed by atoms with E-state index in [4.69, 9.17) is 4.74 Å². The standard InChI is InChI=1S/C22H19FN2O/c1-16-10-12-17(13-11-16)26-15-14-25-21-9-5-4-8-20(21)24-22(25)18-6-2-3-7-19(18)23/h2-13H,14-15H2,1H3. The van der Waals surface area contributed by atoms with Crippen molar-refractivity contribution < 1.29 is 9.13 Å². The number of nitrogens with zero attached hydrogens (tertiary/aromatic N) is 2. The first-order chi connectivity index (χ1) is 12.7. The van der Waals surface area contributed by atoms with Crippen molar-refractivity contribution >= 4 is 11.0 Å². The Kier molecular flexibility index (Phi) is 4.40. The van der Waals surface area contributed by atoms with Crippen LogP contribution >= 0.6 is 0 Å².